The third-order valence-electron chi connectivity index (χ3n) is 1.67. The van der Waals surface area contributed by atoms with E-state index in [2.05, 4.69) is 0 Å². The zero-order valence-electron chi connectivity index (χ0n) is 7.60. The number of aldehydes is 1. The first-order chi connectivity index (χ1) is 6.33. The van der Waals surface area contributed by atoms with Gasteiger partial charge in [-0.2, -0.15) is 0 Å². The van der Waals surface area contributed by atoms with Crippen LogP contribution in [0.25, 0.3) is 6.08 Å². The lowest BCUT2D eigenvalue weighted by atomic mass is 10.2. The van der Waals surface area contributed by atoms with Crippen LogP contribution < -0.4 is 0 Å². The van der Waals surface area contributed by atoms with Crippen LogP contribution in [0.4, 0.5) is 0 Å². The van der Waals surface area contributed by atoms with Gasteiger partial charge in [0.1, 0.15) is 6.29 Å². The summed E-state index contributed by atoms with van der Waals surface area (Å²) in [5, 5.41) is 0. The Morgan fingerprint density at radius 3 is 2.54 bits per heavy atom. The van der Waals surface area contributed by atoms with E-state index < -0.39 is 0 Å². The van der Waals surface area contributed by atoms with Crippen molar-refractivity contribution in [2.24, 2.45) is 0 Å². The molecule has 0 aliphatic rings. The summed E-state index contributed by atoms with van der Waals surface area (Å²) in [7, 11) is 0. The predicted molar refractivity (Wildman–Crippen MR) is 55.3 cm³/mol. The van der Waals surface area contributed by atoms with Crippen molar-refractivity contribution in [1.29, 1.82) is 0 Å². The van der Waals surface area contributed by atoms with Gasteiger partial charge in [0, 0.05) is 0 Å². The Morgan fingerprint density at radius 2 is 1.92 bits per heavy atom. The SMILES string of the molecule is CC(C=Cc1ccccc1)=CC=O. The van der Waals surface area contributed by atoms with Gasteiger partial charge in [-0.25, -0.2) is 0 Å². The molecular formula is C12H12O. The Morgan fingerprint density at radius 1 is 1.23 bits per heavy atom. The summed E-state index contributed by atoms with van der Waals surface area (Å²) < 4.78 is 0. The Hall–Kier alpha value is -1.63. The first-order valence-electron chi connectivity index (χ1n) is 4.18. The van der Waals surface area contributed by atoms with Crippen LogP contribution in [0.15, 0.2) is 48.1 Å². The van der Waals surface area contributed by atoms with Crippen molar-refractivity contribution >= 4 is 12.4 Å². The molecule has 13 heavy (non-hydrogen) atoms. The molecule has 0 aliphatic heterocycles. The van der Waals surface area contributed by atoms with E-state index in [1.807, 2.05) is 49.4 Å². The van der Waals surface area contributed by atoms with Crippen LogP contribution in [-0.4, -0.2) is 6.29 Å². The van der Waals surface area contributed by atoms with Crippen LogP contribution in [0.1, 0.15) is 12.5 Å². The number of carbonyl (C=O) groups excluding carboxylic acids is 1. The summed E-state index contributed by atoms with van der Waals surface area (Å²) in [4.78, 5) is 10.1. The molecule has 0 aliphatic carbocycles. The highest BCUT2D eigenvalue weighted by atomic mass is 16.1. The van der Waals surface area contributed by atoms with Crippen LogP contribution in [0.2, 0.25) is 0 Å². The van der Waals surface area contributed by atoms with Crippen LogP contribution >= 0.6 is 0 Å². The molecule has 0 heterocycles. The number of carbonyl (C=O) groups is 1. The number of allylic oxidation sites excluding steroid dienone is 3. The summed E-state index contributed by atoms with van der Waals surface area (Å²) in [6.07, 6.45) is 6.24. The van der Waals surface area contributed by atoms with Crippen molar-refractivity contribution in [2.45, 2.75) is 6.92 Å². The highest BCUT2D eigenvalue weighted by molar-refractivity contribution is 5.68. The second-order valence-electron chi connectivity index (χ2n) is 2.79. The zero-order chi connectivity index (χ0) is 9.52. The Kier molecular flexibility index (Phi) is 3.71. The van der Waals surface area contributed by atoms with E-state index in [1.54, 1.807) is 6.08 Å². The van der Waals surface area contributed by atoms with Crippen LogP contribution in [-0.2, 0) is 4.79 Å². The van der Waals surface area contributed by atoms with Gasteiger partial charge in [-0.05, 0) is 24.1 Å². The van der Waals surface area contributed by atoms with E-state index in [-0.39, 0.29) is 0 Å². The topological polar surface area (TPSA) is 17.1 Å². The van der Waals surface area contributed by atoms with E-state index in [1.165, 1.54) is 0 Å². The fourth-order valence-electron chi connectivity index (χ4n) is 0.955. The fraction of sp³-hybridized carbons (Fsp3) is 0.0833. The second-order valence-corrected chi connectivity index (χ2v) is 2.79. The fourth-order valence-corrected chi connectivity index (χ4v) is 0.955. The molecule has 0 atom stereocenters. The average Bonchev–Trinajstić information content (AvgIpc) is 2.17. The molecule has 0 fully saturated rings. The molecular weight excluding hydrogens is 160 g/mol. The molecule has 1 aromatic rings. The lowest BCUT2D eigenvalue weighted by Crippen LogP contribution is -1.71. The highest BCUT2D eigenvalue weighted by Crippen LogP contribution is 2.03. The van der Waals surface area contributed by atoms with Gasteiger partial charge in [0.25, 0.3) is 0 Å². The van der Waals surface area contributed by atoms with E-state index in [0.29, 0.717) is 0 Å². The largest absolute Gasteiger partial charge is 0.299 e. The standard InChI is InChI=1S/C12H12O/c1-11(9-10-13)7-8-12-5-3-2-4-6-12/h2-10H,1H3. The van der Waals surface area contributed by atoms with E-state index in [9.17, 15) is 4.79 Å². The second kappa shape index (κ2) is 5.09. The van der Waals surface area contributed by atoms with E-state index >= 15 is 0 Å². The number of hydrogen-bond acceptors (Lipinski definition) is 1. The molecule has 1 heteroatoms. The number of hydrogen-bond donors (Lipinski definition) is 0. The Bertz CT molecular complexity index is 320. The maximum absolute atomic E-state index is 10.1. The highest BCUT2D eigenvalue weighted by Gasteiger charge is 1.83. The van der Waals surface area contributed by atoms with Gasteiger partial charge in [-0.3, -0.25) is 4.79 Å². The first-order valence-corrected chi connectivity index (χ1v) is 4.18. The van der Waals surface area contributed by atoms with Gasteiger partial charge in [0.05, 0.1) is 0 Å². The molecule has 1 nitrogen and oxygen atoms in total. The van der Waals surface area contributed by atoms with Crippen LogP contribution in [0, 0.1) is 0 Å². The smallest absolute Gasteiger partial charge is 0.143 e. The van der Waals surface area contributed by atoms with E-state index in [4.69, 9.17) is 0 Å². The maximum Gasteiger partial charge on any atom is 0.143 e. The lowest BCUT2D eigenvalue weighted by molar-refractivity contribution is -0.104. The average molecular weight is 172 g/mol. The third kappa shape index (κ3) is 3.52. The van der Waals surface area contributed by atoms with Crippen molar-refractivity contribution in [3.8, 4) is 0 Å². The first kappa shape index (κ1) is 9.46. The van der Waals surface area contributed by atoms with Crippen LogP contribution in [0.5, 0.6) is 0 Å². The Balaban J connectivity index is 2.69. The van der Waals surface area contributed by atoms with Gasteiger partial charge in [0.15, 0.2) is 0 Å². The molecule has 0 amide bonds. The van der Waals surface area contributed by atoms with Crippen molar-refractivity contribution in [3.63, 3.8) is 0 Å². The zero-order valence-corrected chi connectivity index (χ0v) is 7.60. The van der Waals surface area contributed by atoms with Gasteiger partial charge < -0.3 is 0 Å². The summed E-state index contributed by atoms with van der Waals surface area (Å²) in [5.74, 6) is 0. The minimum atomic E-state index is 0.796. The van der Waals surface area contributed by atoms with E-state index in [0.717, 1.165) is 17.4 Å². The molecule has 0 N–H and O–H groups in total. The molecule has 0 saturated heterocycles. The van der Waals surface area contributed by atoms with Gasteiger partial charge >= 0.3 is 0 Å². The maximum atomic E-state index is 10.1. The molecule has 0 spiro atoms. The minimum absolute atomic E-state index is 0.796. The predicted octanol–water partition coefficient (Wildman–Crippen LogP) is 2.85. The molecule has 0 saturated carbocycles. The minimum Gasteiger partial charge on any atom is -0.299 e. The quantitative estimate of drug-likeness (QED) is 0.389. The number of rotatable bonds is 3. The summed E-state index contributed by atoms with van der Waals surface area (Å²) in [5.41, 5.74) is 2.10. The lowest BCUT2D eigenvalue weighted by Gasteiger charge is -1.91. The van der Waals surface area contributed by atoms with Crippen molar-refractivity contribution < 1.29 is 4.79 Å². The summed E-state index contributed by atoms with van der Waals surface area (Å²) in [6, 6.07) is 9.98. The Labute approximate surface area is 78.4 Å². The van der Waals surface area contributed by atoms with Gasteiger partial charge in [-0.1, -0.05) is 42.5 Å². The van der Waals surface area contributed by atoms with Crippen molar-refractivity contribution in [1.82, 2.24) is 0 Å². The molecule has 1 rings (SSSR count). The number of benzene rings is 1. The molecule has 1 aromatic carbocycles. The third-order valence-corrected chi connectivity index (χ3v) is 1.67. The van der Waals surface area contributed by atoms with Gasteiger partial charge in [0.2, 0.25) is 0 Å². The molecule has 0 aromatic heterocycles. The molecule has 66 valence electrons. The summed E-state index contributed by atoms with van der Waals surface area (Å²) in [6.45, 7) is 1.90. The van der Waals surface area contributed by atoms with Crippen molar-refractivity contribution in [2.75, 3.05) is 0 Å². The molecule has 0 unspecified atom stereocenters. The molecule has 0 radical (unpaired) electrons. The monoisotopic (exact) mass is 172 g/mol. The normalized spacial score (nSPS) is 11.9. The summed E-state index contributed by atoms with van der Waals surface area (Å²) >= 11 is 0. The molecule has 0 bridgehead atoms. The van der Waals surface area contributed by atoms with Gasteiger partial charge in [-0.15, -0.1) is 0 Å². The van der Waals surface area contributed by atoms with Crippen LogP contribution in [0.3, 0.4) is 0 Å². The van der Waals surface area contributed by atoms with Crippen molar-refractivity contribution in [3.05, 3.63) is 53.6 Å².